The molecule has 0 spiro atoms. The lowest BCUT2D eigenvalue weighted by Gasteiger charge is -2.56. The van der Waals surface area contributed by atoms with Crippen LogP contribution in [0.15, 0.2) is 41.9 Å². The van der Waals surface area contributed by atoms with Gasteiger partial charge in [-0.15, -0.1) is 0 Å². The lowest BCUT2D eigenvalue weighted by Crippen LogP contribution is -2.66. The van der Waals surface area contributed by atoms with Gasteiger partial charge in [-0.25, -0.2) is 0 Å². The van der Waals surface area contributed by atoms with E-state index in [1.807, 2.05) is 11.0 Å². The normalized spacial score (nSPS) is 31.0. The zero-order valence-corrected chi connectivity index (χ0v) is 17.6. The number of piperidine rings is 3. The van der Waals surface area contributed by atoms with Crippen molar-refractivity contribution in [2.75, 3.05) is 26.3 Å². The van der Waals surface area contributed by atoms with E-state index in [4.69, 9.17) is 9.47 Å². The molecule has 6 nitrogen and oxygen atoms in total. The number of benzene rings is 1. The lowest BCUT2D eigenvalue weighted by atomic mass is 9.70. The molecule has 1 aromatic rings. The topological polar surface area (TPSA) is 59.1 Å². The predicted octanol–water partition coefficient (Wildman–Crippen LogP) is 2.74. The smallest absolute Gasteiger partial charge is 0.292 e. The van der Waals surface area contributed by atoms with Crippen LogP contribution in [0, 0.1) is 11.8 Å². The summed E-state index contributed by atoms with van der Waals surface area (Å²) in [4.78, 5) is 30.4. The first-order valence-electron chi connectivity index (χ1n) is 11.2. The summed E-state index contributed by atoms with van der Waals surface area (Å²) >= 11 is 0. The molecular weight excluding hydrogens is 380 g/mol. The highest BCUT2D eigenvalue weighted by atomic mass is 16.6. The van der Waals surface area contributed by atoms with Gasteiger partial charge in [0, 0.05) is 31.6 Å². The molecule has 4 aliphatic heterocycles. The Hall–Kier alpha value is -2.50. The van der Waals surface area contributed by atoms with Crippen LogP contribution in [0.2, 0.25) is 0 Å². The first-order chi connectivity index (χ1) is 14.6. The van der Waals surface area contributed by atoms with Gasteiger partial charge in [-0.05, 0) is 50.0 Å². The maximum absolute atomic E-state index is 13.3. The molecule has 5 rings (SSSR count). The van der Waals surface area contributed by atoms with Crippen molar-refractivity contribution >= 4 is 11.8 Å². The number of carbonyl (C=O) groups excluding carboxylic acids is 2. The molecule has 6 heteroatoms. The standard InChI is InChI=1S/C24H30N2O4/c1-16-23(30-11-10-29-16)24(28)25-14-18-13-19(15-25)21(12-17-6-3-2-4-7-17)26-20(18)8-5-9-22(26)27/h2-4,6-7,18-21H,5,8-15H2,1H3/t18-,19+,20+,21+/m1/s1. The molecule has 3 saturated heterocycles. The van der Waals surface area contributed by atoms with E-state index in [2.05, 4.69) is 29.2 Å². The van der Waals surface area contributed by atoms with Crippen molar-refractivity contribution in [1.82, 2.24) is 9.80 Å². The first-order valence-corrected chi connectivity index (χ1v) is 11.2. The van der Waals surface area contributed by atoms with Crippen molar-refractivity contribution in [2.24, 2.45) is 11.8 Å². The number of rotatable bonds is 3. The highest BCUT2D eigenvalue weighted by molar-refractivity contribution is 5.92. The van der Waals surface area contributed by atoms with Gasteiger partial charge in [0.15, 0.2) is 0 Å². The number of amides is 2. The van der Waals surface area contributed by atoms with E-state index in [1.54, 1.807) is 6.92 Å². The fraction of sp³-hybridized carbons (Fsp3) is 0.583. The van der Waals surface area contributed by atoms with Gasteiger partial charge in [0.2, 0.25) is 11.7 Å². The highest BCUT2D eigenvalue weighted by Crippen LogP contribution is 2.43. The minimum Gasteiger partial charge on any atom is -0.491 e. The van der Waals surface area contributed by atoms with Crippen molar-refractivity contribution < 1.29 is 19.1 Å². The van der Waals surface area contributed by atoms with E-state index < -0.39 is 0 Å². The number of hydrogen-bond acceptors (Lipinski definition) is 4. The number of allylic oxidation sites excluding steroid dienone is 1. The van der Waals surface area contributed by atoms with Crippen LogP contribution < -0.4 is 0 Å². The average Bonchev–Trinajstić information content (AvgIpc) is 2.77. The molecule has 160 valence electrons. The van der Waals surface area contributed by atoms with E-state index in [1.165, 1.54) is 5.56 Å². The molecule has 0 radical (unpaired) electrons. The third-order valence-corrected chi connectivity index (χ3v) is 7.23. The second-order valence-corrected chi connectivity index (χ2v) is 9.07. The summed E-state index contributed by atoms with van der Waals surface area (Å²) in [5.41, 5.74) is 1.25. The number of fused-ring (bicyclic) bond motifs is 4. The summed E-state index contributed by atoms with van der Waals surface area (Å²) in [5.74, 6) is 1.81. The van der Waals surface area contributed by atoms with Gasteiger partial charge in [0.05, 0.1) is 0 Å². The Morgan fingerprint density at radius 1 is 1.10 bits per heavy atom. The summed E-state index contributed by atoms with van der Waals surface area (Å²) in [5, 5.41) is 0. The van der Waals surface area contributed by atoms with Crippen LogP contribution >= 0.6 is 0 Å². The highest BCUT2D eigenvalue weighted by Gasteiger charge is 2.50. The Labute approximate surface area is 177 Å². The van der Waals surface area contributed by atoms with Gasteiger partial charge in [-0.2, -0.15) is 0 Å². The minimum absolute atomic E-state index is 0.0593. The van der Waals surface area contributed by atoms with Crippen molar-refractivity contribution in [3.63, 3.8) is 0 Å². The molecule has 2 bridgehead atoms. The lowest BCUT2D eigenvalue weighted by molar-refractivity contribution is -0.156. The van der Waals surface area contributed by atoms with Crippen molar-refractivity contribution in [3.8, 4) is 0 Å². The predicted molar refractivity (Wildman–Crippen MR) is 111 cm³/mol. The largest absolute Gasteiger partial charge is 0.491 e. The summed E-state index contributed by atoms with van der Waals surface area (Å²) in [6, 6.07) is 10.8. The summed E-state index contributed by atoms with van der Waals surface area (Å²) in [7, 11) is 0. The molecule has 0 aromatic heterocycles. The number of nitrogens with zero attached hydrogens (tertiary/aromatic N) is 2. The molecule has 4 aliphatic rings. The molecule has 0 aliphatic carbocycles. The quantitative estimate of drug-likeness (QED) is 0.769. The van der Waals surface area contributed by atoms with Crippen molar-refractivity contribution in [3.05, 3.63) is 47.4 Å². The Morgan fingerprint density at radius 2 is 1.87 bits per heavy atom. The third-order valence-electron chi connectivity index (χ3n) is 7.23. The SMILES string of the molecule is CC1=C(C(=O)N2C[C@H]3C[C@@H](C2)[C@H](Cc2ccccc2)N2C(=O)CCC[C@@H]32)OCCO1. The first kappa shape index (κ1) is 19.5. The van der Waals surface area contributed by atoms with Crippen LogP contribution in [-0.4, -0.2) is 60.0 Å². The van der Waals surface area contributed by atoms with E-state index in [0.717, 1.165) is 25.7 Å². The van der Waals surface area contributed by atoms with Crippen LogP contribution in [-0.2, 0) is 25.5 Å². The Balaban J connectivity index is 1.43. The fourth-order valence-electron chi connectivity index (χ4n) is 5.92. The van der Waals surface area contributed by atoms with Gasteiger partial charge in [0.25, 0.3) is 5.91 Å². The van der Waals surface area contributed by atoms with Gasteiger partial charge in [-0.3, -0.25) is 9.59 Å². The summed E-state index contributed by atoms with van der Waals surface area (Å²) in [6.45, 7) is 4.08. The van der Waals surface area contributed by atoms with E-state index in [0.29, 0.717) is 56.1 Å². The molecule has 0 N–H and O–H groups in total. The number of carbonyl (C=O) groups is 2. The Morgan fingerprint density at radius 3 is 2.67 bits per heavy atom. The van der Waals surface area contributed by atoms with Crippen LogP contribution in [0.25, 0.3) is 0 Å². The Bertz CT molecular complexity index is 852. The van der Waals surface area contributed by atoms with Crippen LogP contribution in [0.1, 0.15) is 38.2 Å². The fourth-order valence-corrected chi connectivity index (χ4v) is 5.92. The molecule has 0 unspecified atom stereocenters. The van der Waals surface area contributed by atoms with Crippen LogP contribution in [0.4, 0.5) is 0 Å². The van der Waals surface area contributed by atoms with Gasteiger partial charge >= 0.3 is 0 Å². The van der Waals surface area contributed by atoms with E-state index in [-0.39, 0.29) is 23.9 Å². The molecule has 2 amide bonds. The van der Waals surface area contributed by atoms with Crippen molar-refractivity contribution in [1.29, 1.82) is 0 Å². The molecule has 0 saturated carbocycles. The summed E-state index contributed by atoms with van der Waals surface area (Å²) in [6.07, 6.45) is 4.59. The van der Waals surface area contributed by atoms with E-state index in [9.17, 15) is 9.59 Å². The van der Waals surface area contributed by atoms with Crippen LogP contribution in [0.3, 0.4) is 0 Å². The number of hydrogen-bond donors (Lipinski definition) is 0. The monoisotopic (exact) mass is 410 g/mol. The maximum atomic E-state index is 13.3. The number of likely N-dealkylation sites (tertiary alicyclic amines) is 1. The second-order valence-electron chi connectivity index (χ2n) is 9.07. The summed E-state index contributed by atoms with van der Waals surface area (Å²) < 4.78 is 11.2. The zero-order valence-electron chi connectivity index (χ0n) is 17.6. The van der Waals surface area contributed by atoms with Gasteiger partial charge in [0.1, 0.15) is 19.0 Å². The van der Waals surface area contributed by atoms with Crippen LogP contribution in [0.5, 0.6) is 0 Å². The zero-order chi connectivity index (χ0) is 20.7. The van der Waals surface area contributed by atoms with Crippen molar-refractivity contribution in [2.45, 2.75) is 51.1 Å². The van der Waals surface area contributed by atoms with E-state index >= 15 is 0 Å². The molecular formula is C24H30N2O4. The van der Waals surface area contributed by atoms with Gasteiger partial charge in [-0.1, -0.05) is 30.3 Å². The maximum Gasteiger partial charge on any atom is 0.292 e. The third kappa shape index (κ3) is 3.46. The second kappa shape index (κ2) is 7.97. The molecule has 4 heterocycles. The van der Waals surface area contributed by atoms with Gasteiger partial charge < -0.3 is 19.3 Å². The molecule has 4 atom stereocenters. The molecule has 1 aromatic carbocycles. The number of ether oxygens (including phenoxy) is 2. The molecule has 3 fully saturated rings. The Kier molecular flexibility index (Phi) is 5.17. The average molecular weight is 411 g/mol. The molecule has 30 heavy (non-hydrogen) atoms. The minimum atomic E-state index is -0.0593.